The Balaban J connectivity index is 1.71. The Morgan fingerprint density at radius 2 is 1.94 bits per heavy atom. The van der Waals surface area contributed by atoms with Gasteiger partial charge in [0, 0.05) is 41.3 Å². The molecule has 0 aliphatic heterocycles. The largest absolute Gasteiger partial charge is 0.459 e. The topological polar surface area (TPSA) is 95.7 Å². The van der Waals surface area contributed by atoms with E-state index in [4.69, 9.17) is 4.74 Å². The standard InChI is InChI=1S/C21H19F3N6O2/c1-12(2)32-20(31)16(15-7-25-10-26-8-15)9-30-11-27-19(29-30)14-5-17(13-3-4-13)28-18(6-14)21(22,23)24/h5-13H,3-4H2,1-2H3/b16-9+. The number of nitrogens with zero attached hydrogens (tertiary/aromatic N) is 6. The zero-order chi connectivity index (χ0) is 22.9. The van der Waals surface area contributed by atoms with Crippen LogP contribution in [-0.4, -0.2) is 41.8 Å². The first kappa shape index (κ1) is 21.6. The molecule has 1 aliphatic rings. The lowest BCUT2D eigenvalue weighted by Crippen LogP contribution is -2.14. The SMILES string of the molecule is CC(C)OC(=O)/C(=C/n1cnc(-c2cc(C3CC3)nc(C(F)(F)F)c2)n1)c1cncnc1. The highest BCUT2D eigenvalue weighted by molar-refractivity contribution is 6.20. The molecule has 3 heterocycles. The van der Waals surface area contributed by atoms with Gasteiger partial charge >= 0.3 is 12.1 Å². The minimum Gasteiger partial charge on any atom is -0.459 e. The van der Waals surface area contributed by atoms with E-state index in [1.807, 2.05) is 0 Å². The Morgan fingerprint density at radius 1 is 1.22 bits per heavy atom. The molecular formula is C21H19F3N6O2. The Bertz CT molecular complexity index is 1150. The van der Waals surface area contributed by atoms with Gasteiger partial charge in [-0.3, -0.25) is 0 Å². The van der Waals surface area contributed by atoms with E-state index in [2.05, 4.69) is 25.0 Å². The van der Waals surface area contributed by atoms with Gasteiger partial charge in [-0.05, 0) is 38.8 Å². The third-order valence-electron chi connectivity index (χ3n) is 4.59. The third kappa shape index (κ3) is 4.98. The molecule has 3 aromatic heterocycles. The summed E-state index contributed by atoms with van der Waals surface area (Å²) in [7, 11) is 0. The van der Waals surface area contributed by atoms with Crippen LogP contribution < -0.4 is 0 Å². The first-order valence-electron chi connectivity index (χ1n) is 9.89. The number of alkyl halides is 3. The van der Waals surface area contributed by atoms with Gasteiger partial charge in [-0.15, -0.1) is 5.10 Å². The van der Waals surface area contributed by atoms with Crippen LogP contribution in [0.15, 0.2) is 37.2 Å². The number of halogens is 3. The fraction of sp³-hybridized carbons (Fsp3) is 0.333. The summed E-state index contributed by atoms with van der Waals surface area (Å²) in [5.74, 6) is -0.517. The van der Waals surface area contributed by atoms with Crippen molar-refractivity contribution in [2.24, 2.45) is 0 Å². The number of ether oxygens (including phenoxy) is 1. The summed E-state index contributed by atoms with van der Waals surface area (Å²) in [6.45, 7) is 3.42. The molecule has 1 fully saturated rings. The lowest BCUT2D eigenvalue weighted by atomic mass is 10.1. The molecule has 1 saturated carbocycles. The molecule has 0 N–H and O–H groups in total. The second kappa shape index (κ2) is 8.48. The van der Waals surface area contributed by atoms with Crippen molar-refractivity contribution in [3.8, 4) is 11.4 Å². The summed E-state index contributed by atoms with van der Waals surface area (Å²) in [6.07, 6.45) is 3.54. The molecule has 11 heteroatoms. The van der Waals surface area contributed by atoms with Crippen molar-refractivity contribution in [3.05, 3.63) is 54.1 Å². The van der Waals surface area contributed by atoms with Crippen molar-refractivity contribution in [2.75, 3.05) is 0 Å². The van der Waals surface area contributed by atoms with Gasteiger partial charge in [-0.1, -0.05) is 0 Å². The average Bonchev–Trinajstić information content (AvgIpc) is 3.49. The maximum atomic E-state index is 13.3. The predicted molar refractivity (Wildman–Crippen MR) is 108 cm³/mol. The summed E-state index contributed by atoms with van der Waals surface area (Å²) >= 11 is 0. The summed E-state index contributed by atoms with van der Waals surface area (Å²) in [5, 5.41) is 4.24. The Kier molecular flexibility index (Phi) is 5.72. The Labute approximate surface area is 181 Å². The van der Waals surface area contributed by atoms with E-state index in [9.17, 15) is 18.0 Å². The van der Waals surface area contributed by atoms with Crippen LogP contribution in [0.25, 0.3) is 23.2 Å². The maximum Gasteiger partial charge on any atom is 0.433 e. The normalized spacial score (nSPS) is 14.6. The summed E-state index contributed by atoms with van der Waals surface area (Å²) in [5.41, 5.74) is 0.126. The minimum absolute atomic E-state index is 0.0218. The lowest BCUT2D eigenvalue weighted by molar-refractivity contribution is -0.141. The molecule has 0 unspecified atom stereocenters. The number of hydrogen-bond acceptors (Lipinski definition) is 7. The quantitative estimate of drug-likeness (QED) is 0.419. The average molecular weight is 444 g/mol. The molecule has 0 saturated heterocycles. The molecule has 8 nitrogen and oxygen atoms in total. The maximum absolute atomic E-state index is 13.3. The summed E-state index contributed by atoms with van der Waals surface area (Å²) in [6, 6.07) is 2.50. The number of rotatable bonds is 6. The molecule has 166 valence electrons. The minimum atomic E-state index is -4.58. The molecule has 0 spiro atoms. The number of hydrogen-bond donors (Lipinski definition) is 0. The van der Waals surface area contributed by atoms with Gasteiger partial charge in [0.25, 0.3) is 0 Å². The fourth-order valence-electron chi connectivity index (χ4n) is 2.98. The van der Waals surface area contributed by atoms with Crippen molar-refractivity contribution >= 4 is 17.7 Å². The molecule has 0 atom stereocenters. The van der Waals surface area contributed by atoms with E-state index in [1.54, 1.807) is 19.9 Å². The zero-order valence-electron chi connectivity index (χ0n) is 17.2. The van der Waals surface area contributed by atoms with E-state index < -0.39 is 17.8 Å². The number of esters is 1. The molecular weight excluding hydrogens is 425 g/mol. The van der Waals surface area contributed by atoms with Crippen LogP contribution in [0.5, 0.6) is 0 Å². The molecule has 0 bridgehead atoms. The molecule has 3 aromatic rings. The number of carbonyl (C=O) groups is 1. The van der Waals surface area contributed by atoms with Crippen LogP contribution in [0.1, 0.15) is 49.6 Å². The van der Waals surface area contributed by atoms with Gasteiger partial charge in [0.1, 0.15) is 18.3 Å². The van der Waals surface area contributed by atoms with Crippen molar-refractivity contribution in [1.29, 1.82) is 0 Å². The van der Waals surface area contributed by atoms with Crippen molar-refractivity contribution in [1.82, 2.24) is 29.7 Å². The number of pyridine rings is 1. The van der Waals surface area contributed by atoms with E-state index >= 15 is 0 Å². The van der Waals surface area contributed by atoms with Gasteiger partial charge in [-0.25, -0.2) is 29.4 Å². The van der Waals surface area contributed by atoms with Crippen LogP contribution in [0.4, 0.5) is 13.2 Å². The summed E-state index contributed by atoms with van der Waals surface area (Å²) < 4.78 is 46.5. The third-order valence-corrected chi connectivity index (χ3v) is 4.59. The molecule has 0 amide bonds. The lowest BCUT2D eigenvalue weighted by Gasteiger charge is -2.10. The second-order valence-corrected chi connectivity index (χ2v) is 7.61. The number of carbonyl (C=O) groups excluding carboxylic acids is 1. The van der Waals surface area contributed by atoms with Crippen LogP contribution in [0, 0.1) is 0 Å². The highest BCUT2D eigenvalue weighted by Gasteiger charge is 2.35. The first-order valence-corrected chi connectivity index (χ1v) is 9.89. The Morgan fingerprint density at radius 3 is 2.56 bits per heavy atom. The molecule has 32 heavy (non-hydrogen) atoms. The molecule has 0 aromatic carbocycles. The zero-order valence-corrected chi connectivity index (χ0v) is 17.2. The van der Waals surface area contributed by atoms with Crippen LogP contribution in [-0.2, 0) is 15.7 Å². The predicted octanol–water partition coefficient (Wildman–Crippen LogP) is 3.98. The fourth-order valence-corrected chi connectivity index (χ4v) is 2.98. The van der Waals surface area contributed by atoms with Crippen LogP contribution in [0.2, 0.25) is 0 Å². The highest BCUT2D eigenvalue weighted by atomic mass is 19.4. The van der Waals surface area contributed by atoms with E-state index in [0.717, 1.165) is 18.9 Å². The first-order chi connectivity index (χ1) is 15.2. The van der Waals surface area contributed by atoms with E-state index in [1.165, 1.54) is 35.9 Å². The van der Waals surface area contributed by atoms with Gasteiger partial charge in [-0.2, -0.15) is 13.2 Å². The van der Waals surface area contributed by atoms with E-state index in [0.29, 0.717) is 11.3 Å². The van der Waals surface area contributed by atoms with Crippen LogP contribution >= 0.6 is 0 Å². The van der Waals surface area contributed by atoms with Crippen molar-refractivity contribution < 1.29 is 22.7 Å². The van der Waals surface area contributed by atoms with E-state index in [-0.39, 0.29) is 29.0 Å². The Hall–Kier alpha value is -3.63. The number of aromatic nitrogens is 6. The van der Waals surface area contributed by atoms with Gasteiger partial charge in [0.05, 0.1) is 11.7 Å². The van der Waals surface area contributed by atoms with Gasteiger partial charge in [0.15, 0.2) is 5.82 Å². The molecule has 1 aliphatic carbocycles. The van der Waals surface area contributed by atoms with Crippen LogP contribution in [0.3, 0.4) is 0 Å². The molecule has 4 rings (SSSR count). The highest BCUT2D eigenvalue weighted by Crippen LogP contribution is 2.41. The smallest absolute Gasteiger partial charge is 0.433 e. The van der Waals surface area contributed by atoms with Gasteiger partial charge in [0.2, 0.25) is 0 Å². The monoisotopic (exact) mass is 444 g/mol. The van der Waals surface area contributed by atoms with Gasteiger partial charge < -0.3 is 4.74 Å². The second-order valence-electron chi connectivity index (χ2n) is 7.61. The summed E-state index contributed by atoms with van der Waals surface area (Å²) in [4.78, 5) is 28.3. The van der Waals surface area contributed by atoms with Crippen molar-refractivity contribution in [3.63, 3.8) is 0 Å². The molecule has 0 radical (unpaired) electrons. The van der Waals surface area contributed by atoms with Crippen molar-refractivity contribution in [2.45, 2.75) is 44.9 Å².